The van der Waals surface area contributed by atoms with E-state index in [4.69, 9.17) is 5.73 Å². The maximum Gasteiger partial charge on any atom is 0.344 e. The average Bonchev–Trinajstić information content (AvgIpc) is 2.09. The molecular weight excluding hydrogens is 188 g/mol. The number of nitrogens with zero attached hydrogens (tertiary/aromatic N) is 2. The molecule has 1 rings (SSSR count). The maximum atomic E-state index is 11.1. The van der Waals surface area contributed by atoms with Gasteiger partial charge in [0.25, 0.3) is 5.56 Å². The Hall–Kier alpha value is -1.92. The zero-order chi connectivity index (χ0) is 10.7. The van der Waals surface area contributed by atoms with Crippen LogP contribution in [-0.2, 0) is 11.3 Å². The van der Waals surface area contributed by atoms with Gasteiger partial charge in [-0.2, -0.15) is 5.10 Å². The summed E-state index contributed by atoms with van der Waals surface area (Å²) in [4.78, 5) is 34.5. The molecule has 1 amide bonds. The summed E-state index contributed by atoms with van der Waals surface area (Å²) >= 11 is 0. The average molecular weight is 198 g/mol. The fraction of sp³-hybridized carbons (Fsp3) is 0.429. The van der Waals surface area contributed by atoms with E-state index >= 15 is 0 Å². The van der Waals surface area contributed by atoms with E-state index in [9.17, 15) is 14.4 Å². The summed E-state index contributed by atoms with van der Waals surface area (Å²) in [6.45, 7) is 1.55. The summed E-state index contributed by atoms with van der Waals surface area (Å²) in [6, 6.07) is 0. The highest BCUT2D eigenvalue weighted by molar-refractivity contribution is 5.73. The molecule has 7 nitrogen and oxygen atoms in total. The van der Waals surface area contributed by atoms with Crippen molar-refractivity contribution in [1.29, 1.82) is 0 Å². The van der Waals surface area contributed by atoms with Crippen molar-refractivity contribution in [3.8, 4) is 0 Å². The molecule has 0 aliphatic carbocycles. The van der Waals surface area contributed by atoms with Gasteiger partial charge in [0, 0.05) is 6.42 Å². The second kappa shape index (κ2) is 3.86. The van der Waals surface area contributed by atoms with Gasteiger partial charge in [0.05, 0.1) is 6.54 Å². The van der Waals surface area contributed by atoms with Crippen molar-refractivity contribution in [2.45, 2.75) is 19.9 Å². The molecule has 0 spiro atoms. The monoisotopic (exact) mass is 198 g/mol. The van der Waals surface area contributed by atoms with Gasteiger partial charge in [-0.1, -0.05) is 0 Å². The third-order valence-electron chi connectivity index (χ3n) is 1.62. The normalized spacial score (nSPS) is 10.1. The van der Waals surface area contributed by atoms with Gasteiger partial charge >= 0.3 is 5.69 Å². The lowest BCUT2D eigenvalue weighted by molar-refractivity contribution is -0.118. The summed E-state index contributed by atoms with van der Waals surface area (Å²) in [5.41, 5.74) is 3.92. The van der Waals surface area contributed by atoms with Crippen molar-refractivity contribution in [2.24, 2.45) is 5.73 Å². The van der Waals surface area contributed by atoms with Crippen molar-refractivity contribution < 1.29 is 4.79 Å². The lowest BCUT2D eigenvalue weighted by atomic mass is 10.4. The van der Waals surface area contributed by atoms with Crippen molar-refractivity contribution >= 4 is 5.91 Å². The topological polar surface area (TPSA) is 111 Å². The van der Waals surface area contributed by atoms with Crippen LogP contribution in [0.2, 0.25) is 0 Å². The van der Waals surface area contributed by atoms with Gasteiger partial charge in [-0.05, 0) is 6.92 Å². The van der Waals surface area contributed by atoms with E-state index in [1.807, 2.05) is 0 Å². The Balaban J connectivity index is 2.99. The lowest BCUT2D eigenvalue weighted by Gasteiger charge is -2.01. The van der Waals surface area contributed by atoms with Crippen LogP contribution in [0.15, 0.2) is 9.59 Å². The van der Waals surface area contributed by atoms with Gasteiger partial charge < -0.3 is 5.73 Å². The minimum atomic E-state index is -0.637. The first-order valence-electron chi connectivity index (χ1n) is 3.97. The quantitative estimate of drug-likeness (QED) is 0.591. The molecule has 0 bridgehead atoms. The molecule has 14 heavy (non-hydrogen) atoms. The highest BCUT2D eigenvalue weighted by Crippen LogP contribution is 1.82. The smallest absolute Gasteiger partial charge is 0.344 e. The maximum absolute atomic E-state index is 11.1. The number of aryl methyl sites for hydroxylation is 2. The highest BCUT2D eigenvalue weighted by atomic mass is 16.2. The number of hydrogen-bond donors (Lipinski definition) is 2. The minimum absolute atomic E-state index is 0.0123. The van der Waals surface area contributed by atoms with E-state index in [1.54, 1.807) is 0 Å². The van der Waals surface area contributed by atoms with Gasteiger partial charge in [-0.15, -0.1) is 0 Å². The molecule has 0 radical (unpaired) electrons. The van der Waals surface area contributed by atoms with Gasteiger partial charge in [0.2, 0.25) is 5.91 Å². The number of amides is 1. The number of hydrogen-bond acceptors (Lipinski definition) is 4. The fourth-order valence-electron chi connectivity index (χ4n) is 0.892. The summed E-state index contributed by atoms with van der Waals surface area (Å²) in [6.07, 6.45) is 0.0123. The predicted octanol–water partition coefficient (Wildman–Crippen LogP) is -1.88. The number of nitrogens with one attached hydrogen (secondary N) is 1. The fourth-order valence-corrected chi connectivity index (χ4v) is 0.892. The zero-order valence-electron chi connectivity index (χ0n) is 7.61. The summed E-state index contributed by atoms with van der Waals surface area (Å²) in [7, 11) is 0. The molecule has 0 aliphatic rings. The molecule has 0 saturated carbocycles. The number of aromatic amines is 1. The van der Waals surface area contributed by atoms with Crippen LogP contribution in [0.3, 0.4) is 0 Å². The molecule has 0 aliphatic heterocycles. The molecule has 7 heteroatoms. The molecule has 3 N–H and O–H groups in total. The number of carbonyl (C=O) groups is 1. The van der Waals surface area contributed by atoms with Crippen LogP contribution in [0, 0.1) is 6.92 Å². The number of carbonyl (C=O) groups excluding carboxylic acids is 1. The molecule has 0 unspecified atom stereocenters. The van der Waals surface area contributed by atoms with Crippen LogP contribution in [0.4, 0.5) is 0 Å². The van der Waals surface area contributed by atoms with Gasteiger partial charge in [0.1, 0.15) is 5.69 Å². The van der Waals surface area contributed by atoms with E-state index < -0.39 is 17.2 Å². The van der Waals surface area contributed by atoms with Crippen LogP contribution in [0.25, 0.3) is 0 Å². The third kappa shape index (κ3) is 2.28. The number of nitrogens with two attached hydrogens (primary N) is 1. The highest BCUT2D eigenvalue weighted by Gasteiger charge is 2.03. The molecule has 76 valence electrons. The van der Waals surface area contributed by atoms with E-state index in [1.165, 1.54) is 6.92 Å². The minimum Gasteiger partial charge on any atom is -0.370 e. The van der Waals surface area contributed by atoms with E-state index in [0.717, 1.165) is 4.68 Å². The Morgan fingerprint density at radius 2 is 2.21 bits per heavy atom. The Labute approximate surface area is 78.6 Å². The molecule has 1 aromatic heterocycles. The SMILES string of the molecule is Cc1nn(CCC(N)=O)c(=O)[nH]c1=O. The Kier molecular flexibility index (Phi) is 2.80. The molecule has 0 saturated heterocycles. The molecule has 0 aromatic carbocycles. The van der Waals surface area contributed by atoms with Crippen molar-refractivity contribution in [3.63, 3.8) is 0 Å². The number of primary amides is 1. The van der Waals surface area contributed by atoms with Gasteiger partial charge in [-0.3, -0.25) is 14.6 Å². The van der Waals surface area contributed by atoms with Crippen LogP contribution >= 0.6 is 0 Å². The largest absolute Gasteiger partial charge is 0.370 e. The first kappa shape index (κ1) is 10.2. The predicted molar refractivity (Wildman–Crippen MR) is 47.7 cm³/mol. The van der Waals surface area contributed by atoms with Crippen molar-refractivity contribution in [1.82, 2.24) is 14.8 Å². The number of aromatic nitrogens is 3. The summed E-state index contributed by atoms with van der Waals surface area (Å²) < 4.78 is 1.00. The van der Waals surface area contributed by atoms with Crippen LogP contribution in [-0.4, -0.2) is 20.7 Å². The van der Waals surface area contributed by atoms with Gasteiger partial charge in [-0.25, -0.2) is 9.48 Å². The van der Waals surface area contributed by atoms with Crippen LogP contribution in [0.1, 0.15) is 12.1 Å². The first-order chi connectivity index (χ1) is 6.50. The summed E-state index contributed by atoms with van der Waals surface area (Å²) in [5.74, 6) is -0.525. The van der Waals surface area contributed by atoms with Crippen molar-refractivity contribution in [2.75, 3.05) is 0 Å². The number of rotatable bonds is 3. The second-order valence-electron chi connectivity index (χ2n) is 2.78. The van der Waals surface area contributed by atoms with Crippen LogP contribution < -0.4 is 17.0 Å². The standard InChI is InChI=1S/C7H10N4O3/c1-4-6(13)9-7(14)11(10-4)3-2-5(8)12/h2-3H2,1H3,(H2,8,12)(H,9,13,14). The molecule has 1 heterocycles. The number of H-pyrrole nitrogens is 1. The second-order valence-corrected chi connectivity index (χ2v) is 2.78. The van der Waals surface area contributed by atoms with E-state index in [2.05, 4.69) is 10.1 Å². The summed E-state index contributed by atoms with van der Waals surface area (Å²) in [5, 5.41) is 3.70. The molecule has 1 aromatic rings. The van der Waals surface area contributed by atoms with E-state index in [0.29, 0.717) is 0 Å². The first-order valence-corrected chi connectivity index (χ1v) is 3.97. The molecule has 0 atom stereocenters. The Morgan fingerprint density at radius 1 is 1.57 bits per heavy atom. The Morgan fingerprint density at radius 3 is 2.79 bits per heavy atom. The van der Waals surface area contributed by atoms with Gasteiger partial charge in [0.15, 0.2) is 0 Å². The molecular formula is C7H10N4O3. The Bertz CT molecular complexity index is 459. The third-order valence-corrected chi connectivity index (χ3v) is 1.62. The van der Waals surface area contributed by atoms with Crippen LogP contribution in [0.5, 0.6) is 0 Å². The van der Waals surface area contributed by atoms with Crippen molar-refractivity contribution in [3.05, 3.63) is 26.5 Å². The lowest BCUT2D eigenvalue weighted by Crippen LogP contribution is -2.34. The zero-order valence-corrected chi connectivity index (χ0v) is 7.61. The van der Waals surface area contributed by atoms with E-state index in [-0.39, 0.29) is 18.7 Å². The molecule has 0 fully saturated rings.